The van der Waals surface area contributed by atoms with E-state index in [0.717, 1.165) is 29.7 Å². The van der Waals surface area contributed by atoms with Gasteiger partial charge in [-0.1, -0.05) is 39.0 Å². The zero-order valence-electron chi connectivity index (χ0n) is 12.9. The van der Waals surface area contributed by atoms with Crippen LogP contribution in [-0.4, -0.2) is 12.6 Å². The van der Waals surface area contributed by atoms with Crippen LogP contribution in [0.15, 0.2) is 0 Å². The molecule has 1 N–H and O–H groups in total. The third-order valence-corrected chi connectivity index (χ3v) is 6.38. The van der Waals surface area contributed by atoms with Crippen LogP contribution in [0.4, 0.5) is 0 Å². The van der Waals surface area contributed by atoms with Crippen molar-refractivity contribution in [3.8, 4) is 0 Å². The molecule has 110 valence electrons. The zero-order valence-corrected chi connectivity index (χ0v) is 12.9. The Labute approximate surface area is 119 Å². The van der Waals surface area contributed by atoms with Gasteiger partial charge < -0.3 is 5.32 Å². The molecule has 0 heterocycles. The molecule has 3 rings (SSSR count). The fraction of sp³-hybridized carbons (Fsp3) is 1.00. The maximum absolute atomic E-state index is 3.94. The van der Waals surface area contributed by atoms with E-state index in [9.17, 15) is 0 Å². The summed E-state index contributed by atoms with van der Waals surface area (Å²) in [5.74, 6) is 4.24. The average Bonchev–Trinajstić information content (AvgIpc) is 2.40. The minimum absolute atomic E-state index is 0.872. The molecule has 0 saturated heterocycles. The summed E-state index contributed by atoms with van der Waals surface area (Å²) in [5.41, 5.74) is 0. The molecule has 1 nitrogen and oxygen atoms in total. The monoisotopic (exact) mass is 263 g/mol. The summed E-state index contributed by atoms with van der Waals surface area (Å²) in [5, 5.41) is 3.94. The first-order valence-corrected chi connectivity index (χ1v) is 9.12. The van der Waals surface area contributed by atoms with Crippen LogP contribution in [0.25, 0.3) is 0 Å². The molecule has 3 aliphatic rings. The normalized spacial score (nSPS) is 37.4. The molecule has 0 spiro atoms. The second-order valence-corrected chi connectivity index (χ2v) is 7.55. The van der Waals surface area contributed by atoms with E-state index in [4.69, 9.17) is 0 Å². The Morgan fingerprint density at radius 1 is 0.842 bits per heavy atom. The summed E-state index contributed by atoms with van der Waals surface area (Å²) in [7, 11) is 0. The summed E-state index contributed by atoms with van der Waals surface area (Å²) in [6, 6.07) is 0.872. The predicted molar refractivity (Wildman–Crippen MR) is 82.2 cm³/mol. The number of hydrogen-bond donors (Lipinski definition) is 1. The highest BCUT2D eigenvalue weighted by atomic mass is 14.9. The molecule has 4 atom stereocenters. The summed E-state index contributed by atoms with van der Waals surface area (Å²) in [6.07, 6.45) is 16.6. The summed E-state index contributed by atoms with van der Waals surface area (Å²) in [4.78, 5) is 0. The fourth-order valence-electron chi connectivity index (χ4n) is 5.06. The summed E-state index contributed by atoms with van der Waals surface area (Å²) in [6.45, 7) is 3.55. The smallest absolute Gasteiger partial charge is 0.0124 e. The van der Waals surface area contributed by atoms with Crippen LogP contribution in [0.5, 0.6) is 0 Å². The predicted octanol–water partition coefficient (Wildman–Crippen LogP) is 4.76. The molecule has 3 saturated carbocycles. The van der Waals surface area contributed by atoms with Crippen molar-refractivity contribution in [2.75, 3.05) is 6.54 Å². The van der Waals surface area contributed by atoms with Gasteiger partial charge in [-0.2, -0.15) is 0 Å². The van der Waals surface area contributed by atoms with Gasteiger partial charge in [-0.15, -0.1) is 0 Å². The van der Waals surface area contributed by atoms with E-state index in [1.807, 2.05) is 0 Å². The quantitative estimate of drug-likeness (QED) is 0.754. The number of fused-ring (bicyclic) bond motifs is 1. The third-order valence-electron chi connectivity index (χ3n) is 6.38. The maximum Gasteiger partial charge on any atom is 0.0124 e. The second kappa shape index (κ2) is 6.61. The van der Waals surface area contributed by atoms with Gasteiger partial charge in [0.25, 0.3) is 0 Å². The molecule has 0 bridgehead atoms. The minimum atomic E-state index is 0.872. The van der Waals surface area contributed by atoms with E-state index in [-0.39, 0.29) is 0 Å². The molecule has 19 heavy (non-hydrogen) atoms. The molecule has 3 aliphatic carbocycles. The van der Waals surface area contributed by atoms with Crippen molar-refractivity contribution in [2.24, 2.45) is 23.7 Å². The van der Waals surface area contributed by atoms with E-state index in [2.05, 4.69) is 12.2 Å². The molecule has 0 aromatic carbocycles. The Morgan fingerprint density at radius 3 is 2.32 bits per heavy atom. The van der Waals surface area contributed by atoms with Gasteiger partial charge in [0.2, 0.25) is 0 Å². The van der Waals surface area contributed by atoms with E-state index in [0.29, 0.717) is 0 Å². The topological polar surface area (TPSA) is 12.0 Å². The van der Waals surface area contributed by atoms with Crippen molar-refractivity contribution >= 4 is 0 Å². The standard InChI is InChI=1S/C18H33N/c1-2-12-19-18(15-8-5-9-15)17-11-10-14-6-3-4-7-16(14)13-17/h14-19H,2-13H2,1H3. The number of nitrogens with one attached hydrogen (secondary N) is 1. The Bertz CT molecular complexity index is 271. The molecule has 1 heteroatoms. The van der Waals surface area contributed by atoms with Crippen molar-refractivity contribution in [2.45, 2.75) is 83.6 Å². The Balaban J connectivity index is 1.58. The van der Waals surface area contributed by atoms with Gasteiger partial charge in [0, 0.05) is 6.04 Å². The largest absolute Gasteiger partial charge is 0.313 e. The van der Waals surface area contributed by atoms with Gasteiger partial charge in [0.1, 0.15) is 0 Å². The van der Waals surface area contributed by atoms with E-state index >= 15 is 0 Å². The highest BCUT2D eigenvalue weighted by molar-refractivity contribution is 4.93. The van der Waals surface area contributed by atoms with E-state index in [1.54, 1.807) is 25.7 Å². The van der Waals surface area contributed by atoms with Crippen LogP contribution >= 0.6 is 0 Å². The Morgan fingerprint density at radius 2 is 1.63 bits per heavy atom. The maximum atomic E-state index is 3.94. The summed E-state index contributed by atoms with van der Waals surface area (Å²) >= 11 is 0. The zero-order chi connectivity index (χ0) is 13.1. The lowest BCUT2D eigenvalue weighted by Crippen LogP contribution is -2.47. The molecule has 0 aromatic rings. The van der Waals surface area contributed by atoms with Crippen LogP contribution < -0.4 is 5.32 Å². The van der Waals surface area contributed by atoms with Crippen molar-refractivity contribution < 1.29 is 0 Å². The Hall–Kier alpha value is -0.0400. The van der Waals surface area contributed by atoms with Crippen molar-refractivity contribution in [3.63, 3.8) is 0 Å². The molecule has 0 amide bonds. The molecule has 0 aromatic heterocycles. The van der Waals surface area contributed by atoms with E-state index in [1.165, 1.54) is 51.5 Å². The first-order chi connectivity index (χ1) is 9.38. The first kappa shape index (κ1) is 13.9. The molecule has 3 fully saturated rings. The van der Waals surface area contributed by atoms with E-state index < -0.39 is 0 Å². The minimum Gasteiger partial charge on any atom is -0.313 e. The van der Waals surface area contributed by atoms with Crippen molar-refractivity contribution in [1.82, 2.24) is 5.32 Å². The van der Waals surface area contributed by atoms with Crippen molar-refractivity contribution in [3.05, 3.63) is 0 Å². The molecule has 4 unspecified atom stereocenters. The number of hydrogen-bond acceptors (Lipinski definition) is 1. The van der Waals surface area contributed by atoms with Crippen LogP contribution in [-0.2, 0) is 0 Å². The lowest BCUT2D eigenvalue weighted by Gasteiger charge is -2.46. The highest BCUT2D eigenvalue weighted by Crippen LogP contribution is 2.46. The van der Waals surface area contributed by atoms with Gasteiger partial charge in [-0.05, 0) is 68.7 Å². The van der Waals surface area contributed by atoms with Crippen molar-refractivity contribution in [1.29, 1.82) is 0 Å². The lowest BCUT2D eigenvalue weighted by molar-refractivity contribution is 0.0752. The Kier molecular flexibility index (Phi) is 4.84. The van der Waals surface area contributed by atoms with Crippen LogP contribution in [0, 0.1) is 23.7 Å². The molecule has 0 aliphatic heterocycles. The third kappa shape index (κ3) is 3.17. The van der Waals surface area contributed by atoms with Crippen LogP contribution in [0.2, 0.25) is 0 Å². The van der Waals surface area contributed by atoms with Crippen LogP contribution in [0.3, 0.4) is 0 Å². The number of rotatable bonds is 5. The molecular formula is C18H33N. The van der Waals surface area contributed by atoms with Crippen LogP contribution in [0.1, 0.15) is 77.6 Å². The molecule has 0 radical (unpaired) electrons. The highest BCUT2D eigenvalue weighted by Gasteiger charge is 2.39. The van der Waals surface area contributed by atoms with Gasteiger partial charge in [-0.3, -0.25) is 0 Å². The SMILES string of the molecule is CCCNC(C1CCC1)C1CCC2CCCCC2C1. The fourth-order valence-corrected chi connectivity index (χ4v) is 5.06. The lowest BCUT2D eigenvalue weighted by atomic mass is 9.63. The van der Waals surface area contributed by atoms with Gasteiger partial charge in [0.05, 0.1) is 0 Å². The second-order valence-electron chi connectivity index (χ2n) is 7.55. The molecular weight excluding hydrogens is 230 g/mol. The van der Waals surface area contributed by atoms with Gasteiger partial charge in [0.15, 0.2) is 0 Å². The van der Waals surface area contributed by atoms with Gasteiger partial charge in [-0.25, -0.2) is 0 Å². The first-order valence-electron chi connectivity index (χ1n) is 9.12. The summed E-state index contributed by atoms with van der Waals surface area (Å²) < 4.78 is 0. The van der Waals surface area contributed by atoms with Gasteiger partial charge >= 0.3 is 0 Å². The average molecular weight is 263 g/mol.